The molecule has 0 saturated carbocycles. The predicted octanol–water partition coefficient (Wildman–Crippen LogP) is 2.62. The van der Waals surface area contributed by atoms with Crippen LogP contribution in [0.2, 0.25) is 5.02 Å². The molecule has 1 aliphatic heterocycles. The lowest BCUT2D eigenvalue weighted by atomic mass is 10.1. The third kappa shape index (κ3) is 5.77. The smallest absolute Gasteiger partial charge is 0.269 e. The summed E-state index contributed by atoms with van der Waals surface area (Å²) in [4.78, 5) is 28.6. The van der Waals surface area contributed by atoms with Crippen molar-refractivity contribution in [2.24, 2.45) is 0 Å². The number of hydrogen-bond acceptors (Lipinski definition) is 4. The van der Waals surface area contributed by atoms with Crippen molar-refractivity contribution in [3.05, 3.63) is 64.4 Å². The van der Waals surface area contributed by atoms with Crippen LogP contribution in [0.4, 0.5) is 0 Å². The van der Waals surface area contributed by atoms with Crippen LogP contribution >= 0.6 is 11.6 Å². The number of nitrogens with zero attached hydrogens (tertiary/aromatic N) is 1. The summed E-state index contributed by atoms with van der Waals surface area (Å²) >= 11 is 5.86. The lowest BCUT2D eigenvalue weighted by Gasteiger charge is -2.11. The zero-order valence-corrected chi connectivity index (χ0v) is 15.7. The number of amides is 2. The average molecular weight is 388 g/mol. The van der Waals surface area contributed by atoms with E-state index in [4.69, 9.17) is 16.3 Å². The molecule has 0 radical (unpaired) electrons. The molecule has 1 aliphatic rings. The zero-order valence-electron chi connectivity index (χ0n) is 14.9. The van der Waals surface area contributed by atoms with Crippen LogP contribution in [0.5, 0.6) is 0 Å². The Kier molecular flexibility index (Phi) is 6.79. The minimum Gasteiger partial charge on any atom is -0.376 e. The minimum absolute atomic E-state index is 0.0754. The Morgan fingerprint density at radius 2 is 1.96 bits per heavy atom. The van der Waals surface area contributed by atoms with Gasteiger partial charge >= 0.3 is 0 Å². The maximum absolute atomic E-state index is 12.3. The van der Waals surface area contributed by atoms with E-state index in [0.717, 1.165) is 25.0 Å². The molecule has 2 amide bonds. The molecule has 1 unspecified atom stereocenters. The normalized spacial score (nSPS) is 16.1. The molecule has 3 rings (SSSR count). The fourth-order valence-electron chi connectivity index (χ4n) is 2.87. The minimum atomic E-state index is -0.308. The fourth-order valence-corrected chi connectivity index (χ4v) is 3.00. The summed E-state index contributed by atoms with van der Waals surface area (Å²) < 4.78 is 5.49. The SMILES string of the molecule is O=C(NCC1CCCO1)c1ccnc(C(=O)NCCc2ccc(Cl)cc2)c1. The molecule has 0 aliphatic carbocycles. The van der Waals surface area contributed by atoms with E-state index in [-0.39, 0.29) is 23.6 Å². The summed E-state index contributed by atoms with van der Waals surface area (Å²) in [5, 5.41) is 6.34. The van der Waals surface area contributed by atoms with E-state index in [0.29, 0.717) is 30.1 Å². The molecule has 0 spiro atoms. The van der Waals surface area contributed by atoms with Crippen molar-refractivity contribution in [3.8, 4) is 0 Å². The summed E-state index contributed by atoms with van der Waals surface area (Å²) in [6.07, 6.45) is 4.21. The van der Waals surface area contributed by atoms with E-state index >= 15 is 0 Å². The highest BCUT2D eigenvalue weighted by Crippen LogP contribution is 2.11. The predicted molar refractivity (Wildman–Crippen MR) is 103 cm³/mol. The first-order chi connectivity index (χ1) is 13.1. The van der Waals surface area contributed by atoms with Gasteiger partial charge in [-0.3, -0.25) is 14.6 Å². The number of ether oxygens (including phenoxy) is 1. The van der Waals surface area contributed by atoms with E-state index in [2.05, 4.69) is 15.6 Å². The van der Waals surface area contributed by atoms with Gasteiger partial charge in [-0.25, -0.2) is 0 Å². The highest BCUT2D eigenvalue weighted by Gasteiger charge is 2.17. The Hall–Kier alpha value is -2.44. The van der Waals surface area contributed by atoms with Crippen LogP contribution in [0.25, 0.3) is 0 Å². The molecular weight excluding hydrogens is 366 g/mol. The Morgan fingerprint density at radius 1 is 1.15 bits per heavy atom. The largest absolute Gasteiger partial charge is 0.376 e. The molecule has 1 saturated heterocycles. The van der Waals surface area contributed by atoms with Gasteiger partial charge < -0.3 is 15.4 Å². The molecular formula is C20H22ClN3O3. The van der Waals surface area contributed by atoms with Gasteiger partial charge in [0.15, 0.2) is 0 Å². The van der Waals surface area contributed by atoms with Gasteiger partial charge in [0.25, 0.3) is 11.8 Å². The molecule has 6 nitrogen and oxygen atoms in total. The quantitative estimate of drug-likeness (QED) is 0.765. The number of rotatable bonds is 7. The van der Waals surface area contributed by atoms with Gasteiger partial charge in [0.2, 0.25) is 0 Å². The van der Waals surface area contributed by atoms with Gasteiger partial charge in [0.1, 0.15) is 5.69 Å². The van der Waals surface area contributed by atoms with E-state index in [1.54, 1.807) is 6.07 Å². The molecule has 7 heteroatoms. The highest BCUT2D eigenvalue weighted by molar-refractivity contribution is 6.30. The van der Waals surface area contributed by atoms with Gasteiger partial charge in [-0.05, 0) is 49.1 Å². The summed E-state index contributed by atoms with van der Waals surface area (Å²) in [5.41, 5.74) is 1.71. The molecule has 1 atom stereocenters. The van der Waals surface area contributed by atoms with Gasteiger partial charge in [-0.15, -0.1) is 0 Å². The van der Waals surface area contributed by atoms with Gasteiger partial charge in [-0.1, -0.05) is 23.7 Å². The van der Waals surface area contributed by atoms with Crippen LogP contribution in [0.15, 0.2) is 42.6 Å². The van der Waals surface area contributed by atoms with Gasteiger partial charge in [-0.2, -0.15) is 0 Å². The molecule has 142 valence electrons. The standard InChI is InChI=1S/C20H22ClN3O3/c21-16-5-3-14(4-6-16)7-9-23-20(26)18-12-15(8-10-22-18)19(25)24-13-17-2-1-11-27-17/h3-6,8,10,12,17H,1-2,7,9,11,13H2,(H,23,26)(H,24,25). The number of carbonyl (C=O) groups excluding carboxylic acids is 2. The third-order valence-corrected chi connectivity index (χ3v) is 4.63. The average Bonchev–Trinajstić information content (AvgIpc) is 3.21. The number of benzene rings is 1. The Labute approximate surface area is 163 Å². The first-order valence-corrected chi connectivity index (χ1v) is 9.38. The van der Waals surface area contributed by atoms with Crippen molar-refractivity contribution >= 4 is 23.4 Å². The van der Waals surface area contributed by atoms with Crippen molar-refractivity contribution in [1.82, 2.24) is 15.6 Å². The van der Waals surface area contributed by atoms with Crippen LogP contribution in [-0.4, -0.2) is 42.6 Å². The van der Waals surface area contributed by atoms with E-state index < -0.39 is 0 Å². The van der Waals surface area contributed by atoms with Crippen LogP contribution in [0.1, 0.15) is 39.3 Å². The van der Waals surface area contributed by atoms with Crippen molar-refractivity contribution in [1.29, 1.82) is 0 Å². The summed E-state index contributed by atoms with van der Waals surface area (Å²) in [5.74, 6) is -0.541. The topological polar surface area (TPSA) is 80.3 Å². The number of aromatic nitrogens is 1. The van der Waals surface area contributed by atoms with E-state index in [9.17, 15) is 9.59 Å². The second kappa shape index (κ2) is 9.48. The molecule has 1 aromatic heterocycles. The number of carbonyl (C=O) groups is 2. The van der Waals surface area contributed by atoms with Crippen molar-refractivity contribution < 1.29 is 14.3 Å². The van der Waals surface area contributed by atoms with Crippen molar-refractivity contribution in [3.63, 3.8) is 0 Å². The molecule has 2 heterocycles. The maximum Gasteiger partial charge on any atom is 0.269 e. The van der Waals surface area contributed by atoms with Crippen molar-refractivity contribution in [2.75, 3.05) is 19.7 Å². The summed E-state index contributed by atoms with van der Waals surface area (Å²) in [6, 6.07) is 10.6. The van der Waals surface area contributed by atoms with Crippen LogP contribution < -0.4 is 10.6 Å². The lowest BCUT2D eigenvalue weighted by Crippen LogP contribution is -2.32. The van der Waals surface area contributed by atoms with Gasteiger partial charge in [0, 0.05) is 36.5 Å². The Bertz CT molecular complexity index is 789. The molecule has 0 bridgehead atoms. The second-order valence-corrected chi connectivity index (χ2v) is 6.84. The number of hydrogen-bond donors (Lipinski definition) is 2. The van der Waals surface area contributed by atoms with E-state index in [1.807, 2.05) is 24.3 Å². The Balaban J connectivity index is 1.50. The van der Waals surface area contributed by atoms with Crippen LogP contribution in [0, 0.1) is 0 Å². The number of halogens is 1. The monoisotopic (exact) mass is 387 g/mol. The van der Waals surface area contributed by atoms with E-state index in [1.165, 1.54) is 12.3 Å². The maximum atomic E-state index is 12.3. The molecule has 2 aromatic rings. The zero-order chi connectivity index (χ0) is 19.1. The number of nitrogens with one attached hydrogen (secondary N) is 2. The first kappa shape index (κ1) is 19.3. The van der Waals surface area contributed by atoms with Crippen LogP contribution in [0.3, 0.4) is 0 Å². The van der Waals surface area contributed by atoms with Crippen LogP contribution in [-0.2, 0) is 11.2 Å². The molecule has 27 heavy (non-hydrogen) atoms. The third-order valence-electron chi connectivity index (χ3n) is 4.38. The molecule has 2 N–H and O–H groups in total. The fraction of sp³-hybridized carbons (Fsp3) is 0.350. The second-order valence-electron chi connectivity index (χ2n) is 6.41. The first-order valence-electron chi connectivity index (χ1n) is 9.00. The lowest BCUT2D eigenvalue weighted by molar-refractivity contribution is 0.0857. The molecule has 1 fully saturated rings. The summed E-state index contributed by atoms with van der Waals surface area (Å²) in [6.45, 7) is 1.69. The number of pyridine rings is 1. The van der Waals surface area contributed by atoms with Gasteiger partial charge in [0.05, 0.1) is 6.10 Å². The Morgan fingerprint density at radius 3 is 2.70 bits per heavy atom. The van der Waals surface area contributed by atoms with Crippen molar-refractivity contribution in [2.45, 2.75) is 25.4 Å². The summed E-state index contributed by atoms with van der Waals surface area (Å²) in [7, 11) is 0. The highest BCUT2D eigenvalue weighted by atomic mass is 35.5. The molecule has 1 aromatic carbocycles.